The molecule has 0 bridgehead atoms. The molecule has 0 atom stereocenters. The van der Waals surface area contributed by atoms with Gasteiger partial charge in [-0.25, -0.2) is 9.18 Å². The molecule has 2 aromatic rings. The average Bonchev–Trinajstić information content (AvgIpc) is 2.73. The molecule has 0 aliphatic carbocycles. The molecule has 0 amide bonds. The number of nitrogens with one attached hydrogen (secondary N) is 1. The lowest BCUT2D eigenvalue weighted by atomic mass is 10.1. The number of aromatic amines is 1. The third-order valence-electron chi connectivity index (χ3n) is 2.39. The minimum absolute atomic E-state index is 0.313. The van der Waals surface area contributed by atoms with Gasteiger partial charge in [0, 0.05) is 5.56 Å². The van der Waals surface area contributed by atoms with E-state index in [1.54, 1.807) is 5.10 Å². The summed E-state index contributed by atoms with van der Waals surface area (Å²) in [5.74, 6) is -2.69. The van der Waals surface area contributed by atoms with E-state index in [0.29, 0.717) is 0 Å². The molecule has 1 aromatic carbocycles. The van der Waals surface area contributed by atoms with Crippen LogP contribution in [0.2, 0.25) is 0 Å². The summed E-state index contributed by atoms with van der Waals surface area (Å²) < 4.78 is 51.3. The lowest BCUT2D eigenvalue weighted by molar-refractivity contribution is -0.141. The largest absolute Gasteiger partial charge is 0.478 e. The summed E-state index contributed by atoms with van der Waals surface area (Å²) in [6.45, 7) is 0. The SMILES string of the molecule is O=C(O)c1c(-c2ccccc2F)n[nH]c1C(F)(F)F. The van der Waals surface area contributed by atoms with Crippen molar-refractivity contribution in [1.29, 1.82) is 0 Å². The van der Waals surface area contributed by atoms with Crippen molar-refractivity contribution in [2.45, 2.75) is 6.18 Å². The van der Waals surface area contributed by atoms with Crippen LogP contribution in [0.3, 0.4) is 0 Å². The quantitative estimate of drug-likeness (QED) is 0.827. The Morgan fingerprint density at radius 2 is 1.89 bits per heavy atom. The lowest BCUT2D eigenvalue weighted by Gasteiger charge is -2.05. The van der Waals surface area contributed by atoms with Crippen LogP contribution in [0.1, 0.15) is 16.1 Å². The molecule has 0 saturated carbocycles. The Hall–Kier alpha value is -2.38. The third kappa shape index (κ3) is 2.28. The van der Waals surface area contributed by atoms with Gasteiger partial charge in [0.15, 0.2) is 5.69 Å². The summed E-state index contributed by atoms with van der Waals surface area (Å²) in [5, 5.41) is 13.7. The fraction of sp³-hybridized carbons (Fsp3) is 0.0909. The number of carboxylic acid groups (broad SMARTS) is 1. The maximum atomic E-state index is 13.5. The van der Waals surface area contributed by atoms with Gasteiger partial charge in [-0.05, 0) is 12.1 Å². The molecule has 0 radical (unpaired) electrons. The third-order valence-corrected chi connectivity index (χ3v) is 2.39. The molecule has 0 saturated heterocycles. The molecular weight excluding hydrogens is 268 g/mol. The first-order valence-corrected chi connectivity index (χ1v) is 4.96. The Balaban J connectivity index is 2.70. The van der Waals surface area contributed by atoms with Crippen LogP contribution in [0.5, 0.6) is 0 Å². The van der Waals surface area contributed by atoms with Crippen LogP contribution in [-0.2, 0) is 6.18 Å². The molecule has 2 N–H and O–H groups in total. The van der Waals surface area contributed by atoms with E-state index in [9.17, 15) is 22.4 Å². The van der Waals surface area contributed by atoms with Gasteiger partial charge >= 0.3 is 12.1 Å². The van der Waals surface area contributed by atoms with Crippen LogP contribution in [0.15, 0.2) is 24.3 Å². The number of rotatable bonds is 2. The predicted molar refractivity (Wildman–Crippen MR) is 55.9 cm³/mol. The smallest absolute Gasteiger partial charge is 0.433 e. The molecule has 2 rings (SSSR count). The van der Waals surface area contributed by atoms with Gasteiger partial charge in [0.1, 0.15) is 17.1 Å². The highest BCUT2D eigenvalue weighted by atomic mass is 19.4. The Labute approximate surface area is 103 Å². The van der Waals surface area contributed by atoms with Crippen molar-refractivity contribution >= 4 is 5.97 Å². The van der Waals surface area contributed by atoms with E-state index < -0.39 is 34.9 Å². The number of H-pyrrole nitrogens is 1. The molecular formula is C11H6F4N2O2. The maximum Gasteiger partial charge on any atom is 0.433 e. The number of hydrogen-bond acceptors (Lipinski definition) is 2. The topological polar surface area (TPSA) is 66.0 Å². The van der Waals surface area contributed by atoms with Crippen LogP contribution in [-0.4, -0.2) is 21.3 Å². The van der Waals surface area contributed by atoms with Gasteiger partial charge in [0.25, 0.3) is 0 Å². The fourth-order valence-electron chi connectivity index (χ4n) is 1.60. The van der Waals surface area contributed by atoms with E-state index in [2.05, 4.69) is 5.10 Å². The zero-order valence-electron chi connectivity index (χ0n) is 9.12. The molecule has 100 valence electrons. The standard InChI is InChI=1S/C11H6F4N2O2/c12-6-4-2-1-3-5(6)8-7(10(18)19)9(17-16-8)11(13,14)15/h1-4H,(H,16,17)(H,18,19). The lowest BCUT2D eigenvalue weighted by Crippen LogP contribution is -2.12. The van der Waals surface area contributed by atoms with Crippen molar-refractivity contribution in [1.82, 2.24) is 10.2 Å². The van der Waals surface area contributed by atoms with E-state index in [1.165, 1.54) is 12.1 Å². The minimum atomic E-state index is -4.91. The molecule has 0 aliphatic heterocycles. The number of aromatic nitrogens is 2. The molecule has 1 heterocycles. The summed E-state index contributed by atoms with van der Waals surface area (Å²) in [7, 11) is 0. The fourth-order valence-corrected chi connectivity index (χ4v) is 1.60. The van der Waals surface area contributed by atoms with Gasteiger partial charge in [-0.1, -0.05) is 12.1 Å². The number of alkyl halides is 3. The second kappa shape index (κ2) is 4.38. The van der Waals surface area contributed by atoms with Crippen molar-refractivity contribution in [2.24, 2.45) is 0 Å². The molecule has 4 nitrogen and oxygen atoms in total. The van der Waals surface area contributed by atoms with Gasteiger partial charge in [-0.3, -0.25) is 5.10 Å². The summed E-state index contributed by atoms with van der Waals surface area (Å²) in [4.78, 5) is 11.0. The number of carbonyl (C=O) groups is 1. The molecule has 0 fully saturated rings. The number of hydrogen-bond donors (Lipinski definition) is 2. The van der Waals surface area contributed by atoms with Crippen LogP contribution in [0.4, 0.5) is 17.6 Å². The van der Waals surface area contributed by atoms with E-state index >= 15 is 0 Å². The molecule has 0 unspecified atom stereocenters. The minimum Gasteiger partial charge on any atom is -0.478 e. The first kappa shape index (κ1) is 13.1. The van der Waals surface area contributed by atoms with Crippen molar-refractivity contribution in [2.75, 3.05) is 0 Å². The van der Waals surface area contributed by atoms with E-state index in [-0.39, 0.29) is 5.56 Å². The molecule has 0 aliphatic rings. The second-order valence-corrected chi connectivity index (χ2v) is 3.60. The van der Waals surface area contributed by atoms with E-state index in [0.717, 1.165) is 12.1 Å². The van der Waals surface area contributed by atoms with Gasteiger partial charge in [0.2, 0.25) is 0 Å². The molecule has 19 heavy (non-hydrogen) atoms. The van der Waals surface area contributed by atoms with Crippen molar-refractivity contribution < 1.29 is 27.5 Å². The molecule has 8 heteroatoms. The predicted octanol–water partition coefficient (Wildman–Crippen LogP) is 2.93. The molecule has 1 aromatic heterocycles. The van der Waals surface area contributed by atoms with Crippen LogP contribution >= 0.6 is 0 Å². The van der Waals surface area contributed by atoms with Gasteiger partial charge in [0.05, 0.1) is 0 Å². The first-order valence-electron chi connectivity index (χ1n) is 4.96. The summed E-state index contributed by atoms with van der Waals surface area (Å²) in [6.07, 6.45) is -4.91. The Morgan fingerprint density at radius 3 is 2.42 bits per heavy atom. The molecule has 0 spiro atoms. The monoisotopic (exact) mass is 274 g/mol. The van der Waals surface area contributed by atoms with Crippen molar-refractivity contribution in [3.63, 3.8) is 0 Å². The number of halogens is 4. The van der Waals surface area contributed by atoms with Gasteiger partial charge < -0.3 is 5.11 Å². The highest BCUT2D eigenvalue weighted by molar-refractivity contribution is 5.96. The van der Waals surface area contributed by atoms with Crippen LogP contribution in [0, 0.1) is 5.82 Å². The zero-order valence-corrected chi connectivity index (χ0v) is 9.12. The van der Waals surface area contributed by atoms with E-state index in [4.69, 9.17) is 5.11 Å². The second-order valence-electron chi connectivity index (χ2n) is 3.60. The average molecular weight is 274 g/mol. The number of benzene rings is 1. The summed E-state index contributed by atoms with van der Waals surface area (Å²) in [5.41, 5.74) is -3.51. The Kier molecular flexibility index (Phi) is 3.01. The van der Waals surface area contributed by atoms with Gasteiger partial charge in [-0.15, -0.1) is 0 Å². The summed E-state index contributed by atoms with van der Waals surface area (Å²) in [6, 6.07) is 4.85. The van der Waals surface area contributed by atoms with Crippen molar-refractivity contribution in [3.8, 4) is 11.3 Å². The Bertz CT molecular complexity index is 634. The highest BCUT2D eigenvalue weighted by Crippen LogP contribution is 2.35. The maximum absolute atomic E-state index is 13.5. The highest BCUT2D eigenvalue weighted by Gasteiger charge is 2.40. The first-order chi connectivity index (χ1) is 8.82. The van der Waals surface area contributed by atoms with E-state index in [1.807, 2.05) is 0 Å². The normalized spacial score (nSPS) is 11.6. The van der Waals surface area contributed by atoms with Crippen molar-refractivity contribution in [3.05, 3.63) is 41.3 Å². The number of aromatic carboxylic acids is 1. The Morgan fingerprint density at radius 1 is 1.26 bits per heavy atom. The van der Waals surface area contributed by atoms with Crippen LogP contribution in [0.25, 0.3) is 11.3 Å². The number of carboxylic acids is 1. The number of nitrogens with zero attached hydrogens (tertiary/aromatic N) is 1. The van der Waals surface area contributed by atoms with Crippen LogP contribution < -0.4 is 0 Å². The summed E-state index contributed by atoms with van der Waals surface area (Å²) >= 11 is 0. The van der Waals surface area contributed by atoms with Gasteiger partial charge in [-0.2, -0.15) is 18.3 Å². The zero-order chi connectivity index (χ0) is 14.2.